The van der Waals surface area contributed by atoms with Gasteiger partial charge in [-0.2, -0.15) is 0 Å². The van der Waals surface area contributed by atoms with Crippen molar-refractivity contribution in [2.24, 2.45) is 11.7 Å². The highest BCUT2D eigenvalue weighted by atomic mass is 79.9. The molecule has 0 aliphatic heterocycles. The summed E-state index contributed by atoms with van der Waals surface area (Å²) < 4.78 is 14.2. The Morgan fingerprint density at radius 1 is 1.43 bits per heavy atom. The molecule has 1 aromatic rings. The lowest BCUT2D eigenvalue weighted by Crippen LogP contribution is -2.27. The van der Waals surface area contributed by atoms with Gasteiger partial charge in [0.05, 0.1) is 4.47 Å². The molecule has 2 N–H and O–H groups in total. The van der Waals surface area contributed by atoms with E-state index < -0.39 is 0 Å². The first-order valence-electron chi connectivity index (χ1n) is 4.89. The van der Waals surface area contributed by atoms with Gasteiger partial charge in [0.25, 0.3) is 0 Å². The first kappa shape index (κ1) is 10.1. The molecule has 1 fully saturated rings. The van der Waals surface area contributed by atoms with E-state index in [4.69, 9.17) is 5.73 Å². The highest BCUT2D eigenvalue weighted by Gasteiger charge is 2.27. The lowest BCUT2D eigenvalue weighted by Gasteiger charge is -2.31. The molecule has 1 aliphatic carbocycles. The van der Waals surface area contributed by atoms with Gasteiger partial charge < -0.3 is 5.73 Å². The van der Waals surface area contributed by atoms with Crippen LogP contribution in [0.4, 0.5) is 4.39 Å². The summed E-state index contributed by atoms with van der Waals surface area (Å²) in [5.41, 5.74) is 6.65. The molecular formula is C11H13BrFN. The summed E-state index contributed by atoms with van der Waals surface area (Å²) in [7, 11) is 0. The fraction of sp³-hybridized carbons (Fsp3) is 0.455. The summed E-state index contributed by atoms with van der Waals surface area (Å²) in [4.78, 5) is 0. The quantitative estimate of drug-likeness (QED) is 0.864. The zero-order valence-corrected chi connectivity index (χ0v) is 9.43. The maximum absolute atomic E-state index is 13.6. The van der Waals surface area contributed by atoms with E-state index in [0.29, 0.717) is 16.0 Å². The van der Waals surface area contributed by atoms with Gasteiger partial charge >= 0.3 is 0 Å². The zero-order chi connectivity index (χ0) is 10.1. The Kier molecular flexibility index (Phi) is 2.88. The molecule has 76 valence electrons. The van der Waals surface area contributed by atoms with Crippen molar-refractivity contribution in [3.05, 3.63) is 34.1 Å². The fourth-order valence-electron chi connectivity index (χ4n) is 1.83. The van der Waals surface area contributed by atoms with Gasteiger partial charge in [-0.25, -0.2) is 4.39 Å². The summed E-state index contributed by atoms with van der Waals surface area (Å²) in [5, 5.41) is 0. The summed E-state index contributed by atoms with van der Waals surface area (Å²) in [6.45, 7) is 0. The monoisotopic (exact) mass is 257 g/mol. The molecular weight excluding hydrogens is 245 g/mol. The largest absolute Gasteiger partial charge is 0.324 e. The van der Waals surface area contributed by atoms with Crippen LogP contribution in [-0.4, -0.2) is 0 Å². The van der Waals surface area contributed by atoms with Crippen molar-refractivity contribution in [3.63, 3.8) is 0 Å². The Balaban J connectivity index is 2.26. The molecule has 14 heavy (non-hydrogen) atoms. The van der Waals surface area contributed by atoms with Gasteiger partial charge in [0.1, 0.15) is 5.82 Å². The average molecular weight is 258 g/mol. The number of hydrogen-bond donors (Lipinski definition) is 1. The SMILES string of the molecule is NC(c1cccc(Br)c1F)C1CCC1. The van der Waals surface area contributed by atoms with Gasteiger partial charge in [-0.05, 0) is 40.8 Å². The van der Waals surface area contributed by atoms with E-state index >= 15 is 0 Å². The maximum Gasteiger partial charge on any atom is 0.142 e. The Hall–Kier alpha value is -0.410. The van der Waals surface area contributed by atoms with Crippen LogP contribution in [0.2, 0.25) is 0 Å². The van der Waals surface area contributed by atoms with Crippen molar-refractivity contribution in [1.82, 2.24) is 0 Å². The third-order valence-electron chi connectivity index (χ3n) is 3.00. The highest BCUT2D eigenvalue weighted by Crippen LogP contribution is 2.37. The molecule has 0 radical (unpaired) electrons. The second-order valence-corrected chi connectivity index (χ2v) is 4.71. The Bertz CT molecular complexity index is 336. The standard InChI is InChI=1S/C11H13BrFN/c12-9-6-2-5-8(10(9)13)11(14)7-3-1-4-7/h2,5-7,11H,1,3-4,14H2. The summed E-state index contributed by atoms with van der Waals surface area (Å²) >= 11 is 3.17. The maximum atomic E-state index is 13.6. The van der Waals surface area contributed by atoms with E-state index in [9.17, 15) is 4.39 Å². The minimum Gasteiger partial charge on any atom is -0.324 e. The van der Waals surface area contributed by atoms with Gasteiger partial charge in [-0.1, -0.05) is 18.6 Å². The summed E-state index contributed by atoms with van der Waals surface area (Å²) in [6.07, 6.45) is 3.49. The lowest BCUT2D eigenvalue weighted by molar-refractivity contribution is 0.260. The van der Waals surface area contributed by atoms with Gasteiger partial charge in [0.2, 0.25) is 0 Å². The molecule has 1 aromatic carbocycles. The van der Waals surface area contributed by atoms with Crippen LogP contribution in [0.3, 0.4) is 0 Å². The van der Waals surface area contributed by atoms with E-state index in [1.807, 2.05) is 6.07 Å². The van der Waals surface area contributed by atoms with Gasteiger partial charge in [-0.15, -0.1) is 0 Å². The second-order valence-electron chi connectivity index (χ2n) is 3.86. The van der Waals surface area contributed by atoms with Crippen LogP contribution in [0.1, 0.15) is 30.9 Å². The first-order valence-corrected chi connectivity index (χ1v) is 5.69. The van der Waals surface area contributed by atoms with Gasteiger partial charge in [0, 0.05) is 11.6 Å². The van der Waals surface area contributed by atoms with Gasteiger partial charge in [0.15, 0.2) is 0 Å². The lowest BCUT2D eigenvalue weighted by atomic mass is 9.77. The highest BCUT2D eigenvalue weighted by molar-refractivity contribution is 9.10. The molecule has 0 heterocycles. The van der Waals surface area contributed by atoms with Crippen molar-refractivity contribution in [3.8, 4) is 0 Å². The smallest absolute Gasteiger partial charge is 0.142 e. The molecule has 0 spiro atoms. The number of halogens is 2. The first-order chi connectivity index (χ1) is 6.70. The van der Waals surface area contributed by atoms with Crippen molar-refractivity contribution >= 4 is 15.9 Å². The number of hydrogen-bond acceptors (Lipinski definition) is 1. The molecule has 0 aromatic heterocycles. The van der Waals surface area contributed by atoms with E-state index in [2.05, 4.69) is 15.9 Å². The molecule has 1 unspecified atom stereocenters. The molecule has 0 amide bonds. The fourth-order valence-corrected chi connectivity index (χ4v) is 2.21. The van der Waals surface area contributed by atoms with E-state index in [1.54, 1.807) is 12.1 Å². The third-order valence-corrected chi connectivity index (χ3v) is 3.61. The predicted molar refractivity (Wildman–Crippen MR) is 58.4 cm³/mol. The van der Waals surface area contributed by atoms with E-state index in [0.717, 1.165) is 12.8 Å². The Labute approximate surface area is 91.6 Å². The van der Waals surface area contributed by atoms with Crippen LogP contribution >= 0.6 is 15.9 Å². The van der Waals surface area contributed by atoms with Crippen LogP contribution in [0.5, 0.6) is 0 Å². The third kappa shape index (κ3) is 1.71. The number of benzene rings is 1. The predicted octanol–water partition coefficient (Wildman–Crippen LogP) is 3.39. The summed E-state index contributed by atoms with van der Waals surface area (Å²) in [6, 6.07) is 5.18. The van der Waals surface area contributed by atoms with E-state index in [-0.39, 0.29) is 11.9 Å². The second kappa shape index (κ2) is 3.99. The van der Waals surface area contributed by atoms with Crippen LogP contribution in [-0.2, 0) is 0 Å². The van der Waals surface area contributed by atoms with Crippen molar-refractivity contribution in [2.45, 2.75) is 25.3 Å². The average Bonchev–Trinajstić information content (AvgIpc) is 2.06. The molecule has 1 aliphatic rings. The van der Waals surface area contributed by atoms with E-state index in [1.165, 1.54) is 6.42 Å². The van der Waals surface area contributed by atoms with Crippen molar-refractivity contribution in [2.75, 3.05) is 0 Å². The normalized spacial score (nSPS) is 19.1. The number of rotatable bonds is 2. The molecule has 2 rings (SSSR count). The molecule has 1 atom stereocenters. The van der Waals surface area contributed by atoms with Gasteiger partial charge in [-0.3, -0.25) is 0 Å². The van der Waals surface area contributed by atoms with Crippen LogP contribution in [0, 0.1) is 11.7 Å². The Morgan fingerprint density at radius 3 is 2.71 bits per heavy atom. The molecule has 3 heteroatoms. The Morgan fingerprint density at radius 2 is 2.14 bits per heavy atom. The molecule has 1 saturated carbocycles. The minimum atomic E-state index is -0.202. The van der Waals surface area contributed by atoms with Crippen LogP contribution in [0.25, 0.3) is 0 Å². The summed E-state index contributed by atoms with van der Waals surface area (Å²) in [5.74, 6) is 0.269. The molecule has 0 saturated heterocycles. The molecule has 0 bridgehead atoms. The molecule has 1 nitrogen and oxygen atoms in total. The zero-order valence-electron chi connectivity index (χ0n) is 7.84. The minimum absolute atomic E-state index is 0.138. The topological polar surface area (TPSA) is 26.0 Å². The van der Waals surface area contributed by atoms with Crippen molar-refractivity contribution < 1.29 is 4.39 Å². The van der Waals surface area contributed by atoms with Crippen LogP contribution < -0.4 is 5.73 Å². The number of nitrogens with two attached hydrogens (primary N) is 1. The van der Waals surface area contributed by atoms with Crippen LogP contribution in [0.15, 0.2) is 22.7 Å². The van der Waals surface area contributed by atoms with Crippen molar-refractivity contribution in [1.29, 1.82) is 0 Å².